The lowest BCUT2D eigenvalue weighted by atomic mass is 10.2. The van der Waals surface area contributed by atoms with Crippen molar-refractivity contribution in [3.05, 3.63) is 57.8 Å². The van der Waals surface area contributed by atoms with E-state index in [1.165, 1.54) is 23.7 Å². The van der Waals surface area contributed by atoms with Crippen molar-refractivity contribution in [1.29, 1.82) is 0 Å². The van der Waals surface area contributed by atoms with Crippen LogP contribution < -0.4 is 5.32 Å². The van der Waals surface area contributed by atoms with E-state index in [2.05, 4.69) is 11.2 Å². The van der Waals surface area contributed by atoms with Gasteiger partial charge >= 0.3 is 5.82 Å². The zero-order chi connectivity index (χ0) is 14.7. The minimum Gasteiger partial charge on any atom is -0.358 e. The molecule has 0 aliphatic heterocycles. The molecule has 0 fully saturated rings. The molecular formula is C14H11N3O3. The van der Waals surface area contributed by atoms with Crippen molar-refractivity contribution in [2.75, 3.05) is 5.32 Å². The number of terminal acetylenes is 1. The summed E-state index contributed by atoms with van der Waals surface area (Å²) in [6.45, 7) is 0. The maximum Gasteiger partial charge on any atom is 0.323 e. The van der Waals surface area contributed by atoms with Gasteiger partial charge in [0.05, 0.1) is 7.05 Å². The number of hydrogen-bond acceptors (Lipinski definition) is 3. The van der Waals surface area contributed by atoms with Crippen molar-refractivity contribution in [2.45, 2.75) is 0 Å². The SMILES string of the molecule is C#Cc1cccc(NC(=O)c2ccc([N+](=O)[O-])n2C)c1. The van der Waals surface area contributed by atoms with E-state index in [1.807, 2.05) is 0 Å². The molecule has 1 N–H and O–H groups in total. The molecule has 6 heteroatoms. The van der Waals surface area contributed by atoms with Gasteiger partial charge in [-0.3, -0.25) is 4.79 Å². The van der Waals surface area contributed by atoms with Gasteiger partial charge in [-0.15, -0.1) is 6.42 Å². The van der Waals surface area contributed by atoms with Gasteiger partial charge < -0.3 is 15.4 Å². The number of carbonyl (C=O) groups is 1. The molecule has 0 aliphatic rings. The summed E-state index contributed by atoms with van der Waals surface area (Å²) in [4.78, 5) is 22.2. The summed E-state index contributed by atoms with van der Waals surface area (Å²) in [5, 5.41) is 13.4. The van der Waals surface area contributed by atoms with Crippen LogP contribution in [0.1, 0.15) is 16.1 Å². The molecule has 100 valence electrons. The van der Waals surface area contributed by atoms with E-state index in [9.17, 15) is 14.9 Å². The Morgan fingerprint density at radius 3 is 2.75 bits per heavy atom. The fourth-order valence-corrected chi connectivity index (χ4v) is 1.79. The summed E-state index contributed by atoms with van der Waals surface area (Å²) in [7, 11) is 1.46. The lowest BCUT2D eigenvalue weighted by molar-refractivity contribution is -0.391. The first-order chi connectivity index (χ1) is 9.52. The quantitative estimate of drug-likeness (QED) is 0.527. The molecule has 0 aliphatic carbocycles. The third kappa shape index (κ3) is 2.52. The van der Waals surface area contributed by atoms with Gasteiger partial charge in [0.25, 0.3) is 5.91 Å². The van der Waals surface area contributed by atoms with Gasteiger partial charge in [0.15, 0.2) is 5.69 Å². The first kappa shape index (κ1) is 13.4. The smallest absolute Gasteiger partial charge is 0.323 e. The summed E-state index contributed by atoms with van der Waals surface area (Å²) in [5.74, 6) is 1.88. The number of amides is 1. The minimum atomic E-state index is -0.546. The van der Waals surface area contributed by atoms with Crippen LogP contribution in [0.2, 0.25) is 0 Å². The zero-order valence-corrected chi connectivity index (χ0v) is 10.7. The molecular weight excluding hydrogens is 258 g/mol. The van der Waals surface area contributed by atoms with Crippen LogP contribution >= 0.6 is 0 Å². The highest BCUT2D eigenvalue weighted by Gasteiger charge is 2.20. The van der Waals surface area contributed by atoms with Crippen LogP contribution in [0.4, 0.5) is 11.5 Å². The predicted octanol–water partition coefficient (Wildman–Crippen LogP) is 2.17. The summed E-state index contributed by atoms with van der Waals surface area (Å²) < 4.78 is 1.22. The molecule has 1 aromatic heterocycles. The Hall–Kier alpha value is -3.07. The third-order valence-corrected chi connectivity index (χ3v) is 2.80. The highest BCUT2D eigenvalue weighted by Crippen LogP contribution is 2.17. The van der Waals surface area contributed by atoms with Crippen molar-refractivity contribution in [1.82, 2.24) is 4.57 Å². The molecule has 0 bridgehead atoms. The Morgan fingerprint density at radius 1 is 1.40 bits per heavy atom. The summed E-state index contributed by atoms with van der Waals surface area (Å²) in [6, 6.07) is 9.48. The number of aromatic nitrogens is 1. The zero-order valence-electron chi connectivity index (χ0n) is 10.7. The van der Waals surface area contributed by atoms with E-state index in [4.69, 9.17) is 6.42 Å². The summed E-state index contributed by atoms with van der Waals surface area (Å²) >= 11 is 0. The van der Waals surface area contributed by atoms with Gasteiger partial charge in [-0.05, 0) is 29.2 Å². The van der Waals surface area contributed by atoms with E-state index in [0.29, 0.717) is 11.3 Å². The number of rotatable bonds is 3. The molecule has 0 saturated carbocycles. The van der Waals surface area contributed by atoms with Crippen LogP contribution in [0.3, 0.4) is 0 Å². The maximum atomic E-state index is 12.1. The first-order valence-corrected chi connectivity index (χ1v) is 5.71. The van der Waals surface area contributed by atoms with Gasteiger partial charge in [-0.2, -0.15) is 0 Å². The van der Waals surface area contributed by atoms with E-state index < -0.39 is 10.8 Å². The largest absolute Gasteiger partial charge is 0.358 e. The molecule has 0 atom stereocenters. The Kier molecular flexibility index (Phi) is 3.53. The highest BCUT2D eigenvalue weighted by atomic mass is 16.6. The number of hydrogen-bond donors (Lipinski definition) is 1. The fourth-order valence-electron chi connectivity index (χ4n) is 1.79. The molecule has 2 rings (SSSR count). The Bertz CT molecular complexity index is 726. The Balaban J connectivity index is 2.24. The van der Waals surface area contributed by atoms with Crippen molar-refractivity contribution in [3.8, 4) is 12.3 Å². The van der Waals surface area contributed by atoms with Crippen molar-refractivity contribution >= 4 is 17.4 Å². The molecule has 1 aromatic carbocycles. The number of nitrogens with one attached hydrogen (secondary N) is 1. The van der Waals surface area contributed by atoms with Crippen molar-refractivity contribution in [3.63, 3.8) is 0 Å². The van der Waals surface area contributed by atoms with Crippen molar-refractivity contribution < 1.29 is 9.72 Å². The van der Waals surface area contributed by atoms with E-state index in [0.717, 1.165) is 0 Å². The number of nitrogens with zero attached hydrogens (tertiary/aromatic N) is 2. The molecule has 2 aromatic rings. The minimum absolute atomic E-state index is 0.146. The molecule has 0 unspecified atom stereocenters. The van der Waals surface area contributed by atoms with Crippen LogP contribution in [-0.4, -0.2) is 15.4 Å². The number of carbonyl (C=O) groups excluding carboxylic acids is 1. The molecule has 0 saturated heterocycles. The van der Waals surface area contributed by atoms with Gasteiger partial charge in [0.2, 0.25) is 0 Å². The number of anilines is 1. The van der Waals surface area contributed by atoms with Crippen LogP contribution in [0.15, 0.2) is 36.4 Å². The van der Waals surface area contributed by atoms with Gasteiger partial charge in [-0.25, -0.2) is 4.57 Å². The van der Waals surface area contributed by atoms with Crippen LogP contribution in [0.25, 0.3) is 0 Å². The third-order valence-electron chi connectivity index (χ3n) is 2.80. The molecule has 20 heavy (non-hydrogen) atoms. The second-order valence-corrected chi connectivity index (χ2v) is 4.07. The highest BCUT2D eigenvalue weighted by molar-refractivity contribution is 6.03. The average Bonchev–Trinajstić information content (AvgIpc) is 2.81. The number of benzene rings is 1. The average molecular weight is 269 g/mol. The fraction of sp³-hybridized carbons (Fsp3) is 0.0714. The predicted molar refractivity (Wildman–Crippen MR) is 74.4 cm³/mol. The van der Waals surface area contributed by atoms with Crippen LogP contribution in [-0.2, 0) is 7.05 Å². The summed E-state index contributed by atoms with van der Waals surface area (Å²) in [5.41, 5.74) is 1.37. The van der Waals surface area contributed by atoms with E-state index >= 15 is 0 Å². The molecule has 6 nitrogen and oxygen atoms in total. The Morgan fingerprint density at radius 2 is 2.15 bits per heavy atom. The lowest BCUT2D eigenvalue weighted by Gasteiger charge is -2.04. The maximum absolute atomic E-state index is 12.1. The Labute approximate surface area is 115 Å². The van der Waals surface area contributed by atoms with Gasteiger partial charge in [0.1, 0.15) is 0 Å². The lowest BCUT2D eigenvalue weighted by Crippen LogP contribution is -2.16. The van der Waals surface area contributed by atoms with Gasteiger partial charge in [0, 0.05) is 17.3 Å². The topological polar surface area (TPSA) is 77.2 Å². The van der Waals surface area contributed by atoms with Crippen LogP contribution in [0, 0.1) is 22.5 Å². The monoisotopic (exact) mass is 269 g/mol. The molecule has 1 heterocycles. The second-order valence-electron chi connectivity index (χ2n) is 4.07. The van der Waals surface area contributed by atoms with E-state index in [1.54, 1.807) is 24.3 Å². The van der Waals surface area contributed by atoms with Gasteiger partial charge in [-0.1, -0.05) is 12.0 Å². The van der Waals surface area contributed by atoms with Crippen molar-refractivity contribution in [2.24, 2.45) is 7.05 Å². The van der Waals surface area contributed by atoms with Crippen LogP contribution in [0.5, 0.6) is 0 Å². The van der Waals surface area contributed by atoms with E-state index in [-0.39, 0.29) is 11.5 Å². The first-order valence-electron chi connectivity index (χ1n) is 5.71. The number of nitro groups is 1. The summed E-state index contributed by atoms with van der Waals surface area (Å²) in [6.07, 6.45) is 5.28. The standard InChI is InChI=1S/C14H11N3O3/c1-3-10-5-4-6-11(9-10)15-14(18)12-7-8-13(16(12)2)17(19)20/h1,4-9H,2H3,(H,15,18). The second kappa shape index (κ2) is 5.28. The molecule has 1 amide bonds. The molecule has 0 radical (unpaired) electrons. The molecule has 0 spiro atoms. The normalized spacial score (nSPS) is 9.80.